The number of rotatable bonds is 9. The van der Waals surface area contributed by atoms with Gasteiger partial charge in [0.05, 0.1) is 11.6 Å². The van der Waals surface area contributed by atoms with Crippen molar-refractivity contribution in [2.45, 2.75) is 64.3 Å². The van der Waals surface area contributed by atoms with E-state index in [2.05, 4.69) is 30.8 Å². The fraction of sp³-hybridized carbons (Fsp3) is 0.333. The van der Waals surface area contributed by atoms with Crippen LogP contribution in [-0.2, 0) is 5.41 Å². The van der Waals surface area contributed by atoms with Crippen LogP contribution in [0.1, 0.15) is 89.9 Å². The van der Waals surface area contributed by atoms with Crippen LogP contribution in [-0.4, -0.2) is 23.3 Å². The van der Waals surface area contributed by atoms with Gasteiger partial charge in [0, 0.05) is 11.5 Å². The van der Waals surface area contributed by atoms with Crippen molar-refractivity contribution < 1.29 is 32.6 Å². The van der Waals surface area contributed by atoms with Gasteiger partial charge in [-0.15, -0.1) is 13.2 Å². The largest absolute Gasteiger partial charge is 0.573 e. The summed E-state index contributed by atoms with van der Waals surface area (Å²) in [5.74, 6) is -2.00. The van der Waals surface area contributed by atoms with Gasteiger partial charge >= 0.3 is 12.3 Å². The van der Waals surface area contributed by atoms with E-state index >= 15 is 0 Å². The molecule has 0 aliphatic carbocycles. The first kappa shape index (κ1) is 28.8. The predicted molar refractivity (Wildman–Crippen MR) is 140 cm³/mol. The summed E-state index contributed by atoms with van der Waals surface area (Å²) in [6.45, 7) is 8.22. The SMILES string of the molecule is CCCC(c1ccc(C(=O)O)cc1)C(NC(=O)c1ccc(C(C)(C)C)cc1)c1ccc(OC(F)(F)F)cc1. The molecule has 1 amide bonds. The molecule has 2 N–H and O–H groups in total. The monoisotopic (exact) mass is 527 g/mol. The van der Waals surface area contributed by atoms with Crippen LogP contribution in [0.2, 0.25) is 0 Å². The molecular formula is C30H32F3NO4. The van der Waals surface area contributed by atoms with E-state index in [9.17, 15) is 27.9 Å². The molecule has 0 fully saturated rings. The van der Waals surface area contributed by atoms with E-state index in [0.717, 1.165) is 17.5 Å². The van der Waals surface area contributed by atoms with Gasteiger partial charge in [0.1, 0.15) is 5.75 Å². The van der Waals surface area contributed by atoms with Gasteiger partial charge in [0.25, 0.3) is 5.91 Å². The lowest BCUT2D eigenvalue weighted by molar-refractivity contribution is -0.274. The Hall–Kier alpha value is -3.81. The molecular weight excluding hydrogens is 495 g/mol. The molecule has 0 saturated heterocycles. The molecule has 0 radical (unpaired) electrons. The second-order valence-corrected chi connectivity index (χ2v) is 10.2. The van der Waals surface area contributed by atoms with Gasteiger partial charge in [-0.05, 0) is 64.9 Å². The van der Waals surface area contributed by atoms with E-state index in [0.29, 0.717) is 17.5 Å². The number of carboxylic acid groups (broad SMARTS) is 1. The number of carbonyl (C=O) groups excluding carboxylic acids is 1. The van der Waals surface area contributed by atoms with E-state index < -0.39 is 18.4 Å². The Bertz CT molecular complexity index is 1230. The van der Waals surface area contributed by atoms with E-state index in [4.69, 9.17) is 0 Å². The van der Waals surface area contributed by atoms with Gasteiger partial charge in [-0.25, -0.2) is 4.79 Å². The number of amides is 1. The summed E-state index contributed by atoms with van der Waals surface area (Å²) in [7, 11) is 0. The number of nitrogens with one attached hydrogen (secondary N) is 1. The van der Waals surface area contributed by atoms with Crippen LogP contribution in [0, 0.1) is 0 Å². The Labute approximate surface area is 220 Å². The highest BCUT2D eigenvalue weighted by Gasteiger charge is 2.32. The Morgan fingerprint density at radius 2 is 1.37 bits per heavy atom. The molecule has 8 heteroatoms. The van der Waals surface area contributed by atoms with Crippen LogP contribution >= 0.6 is 0 Å². The Morgan fingerprint density at radius 3 is 1.84 bits per heavy atom. The van der Waals surface area contributed by atoms with Crippen molar-refractivity contribution in [1.82, 2.24) is 5.32 Å². The first-order chi connectivity index (χ1) is 17.8. The highest BCUT2D eigenvalue weighted by atomic mass is 19.4. The Morgan fingerprint density at radius 1 is 0.842 bits per heavy atom. The first-order valence-electron chi connectivity index (χ1n) is 12.4. The molecule has 2 unspecified atom stereocenters. The van der Waals surface area contributed by atoms with Crippen LogP contribution < -0.4 is 10.1 Å². The molecule has 0 bridgehead atoms. The van der Waals surface area contributed by atoms with Gasteiger partial charge < -0.3 is 15.2 Å². The zero-order valence-corrected chi connectivity index (χ0v) is 21.8. The van der Waals surface area contributed by atoms with Crippen molar-refractivity contribution in [2.24, 2.45) is 0 Å². The summed E-state index contributed by atoms with van der Waals surface area (Å²) >= 11 is 0. The molecule has 3 aromatic carbocycles. The number of carboxylic acids is 1. The normalized spacial score (nSPS) is 13.4. The van der Waals surface area contributed by atoms with Gasteiger partial charge in [-0.2, -0.15) is 0 Å². The van der Waals surface area contributed by atoms with Gasteiger partial charge in [-0.3, -0.25) is 4.79 Å². The molecule has 2 atom stereocenters. The van der Waals surface area contributed by atoms with Gasteiger partial charge in [0.15, 0.2) is 0 Å². The zero-order chi connectivity index (χ0) is 28.1. The molecule has 0 aromatic heterocycles. The minimum absolute atomic E-state index is 0.0773. The van der Waals surface area contributed by atoms with Gasteiger partial charge in [-0.1, -0.05) is 70.5 Å². The lowest BCUT2D eigenvalue weighted by atomic mass is 9.83. The molecule has 0 spiro atoms. The van der Waals surface area contributed by atoms with Gasteiger partial charge in [0.2, 0.25) is 0 Å². The Kier molecular flexibility index (Phi) is 8.86. The topological polar surface area (TPSA) is 75.6 Å². The van der Waals surface area contributed by atoms with E-state index in [1.165, 1.54) is 36.4 Å². The predicted octanol–water partition coefficient (Wildman–Crippen LogP) is 7.64. The van der Waals surface area contributed by atoms with E-state index in [-0.39, 0.29) is 28.6 Å². The second-order valence-electron chi connectivity index (χ2n) is 10.2. The summed E-state index contributed by atoms with van der Waals surface area (Å²) in [5, 5.41) is 12.4. The highest BCUT2D eigenvalue weighted by Crippen LogP contribution is 2.36. The number of ether oxygens (including phenoxy) is 1. The fourth-order valence-electron chi connectivity index (χ4n) is 4.35. The number of carbonyl (C=O) groups is 2. The average Bonchev–Trinajstić information content (AvgIpc) is 2.85. The summed E-state index contributed by atoms with van der Waals surface area (Å²) in [4.78, 5) is 24.7. The number of halogens is 3. The Balaban J connectivity index is 1.99. The smallest absolute Gasteiger partial charge is 0.478 e. The van der Waals surface area contributed by atoms with Crippen LogP contribution in [0.25, 0.3) is 0 Å². The van der Waals surface area contributed by atoms with Crippen molar-refractivity contribution in [3.8, 4) is 5.75 Å². The molecule has 0 heterocycles. The quantitative estimate of drug-likeness (QED) is 0.300. The van der Waals surface area contributed by atoms with Crippen LogP contribution in [0.5, 0.6) is 5.75 Å². The van der Waals surface area contributed by atoms with Crippen LogP contribution in [0.4, 0.5) is 13.2 Å². The lowest BCUT2D eigenvalue weighted by Crippen LogP contribution is -2.33. The van der Waals surface area contributed by atoms with Crippen molar-refractivity contribution in [3.05, 3.63) is 101 Å². The summed E-state index contributed by atoms with van der Waals surface area (Å²) in [6.07, 6.45) is -3.42. The molecule has 3 aromatic rings. The highest BCUT2D eigenvalue weighted by molar-refractivity contribution is 5.94. The molecule has 0 aliphatic rings. The summed E-state index contributed by atoms with van der Waals surface area (Å²) < 4.78 is 42.1. The van der Waals surface area contributed by atoms with Crippen molar-refractivity contribution in [2.75, 3.05) is 0 Å². The molecule has 5 nitrogen and oxygen atoms in total. The van der Waals surface area contributed by atoms with E-state index in [1.54, 1.807) is 24.3 Å². The lowest BCUT2D eigenvalue weighted by Gasteiger charge is -2.29. The minimum Gasteiger partial charge on any atom is -0.478 e. The minimum atomic E-state index is -4.81. The summed E-state index contributed by atoms with van der Waals surface area (Å²) in [5.41, 5.74) is 2.99. The number of hydrogen-bond acceptors (Lipinski definition) is 3. The third-order valence-electron chi connectivity index (χ3n) is 6.36. The number of benzene rings is 3. The first-order valence-corrected chi connectivity index (χ1v) is 12.4. The van der Waals surface area contributed by atoms with Crippen LogP contribution in [0.15, 0.2) is 72.8 Å². The average molecular weight is 528 g/mol. The van der Waals surface area contributed by atoms with Crippen molar-refractivity contribution >= 4 is 11.9 Å². The second kappa shape index (κ2) is 11.7. The van der Waals surface area contributed by atoms with Crippen molar-refractivity contribution in [3.63, 3.8) is 0 Å². The fourth-order valence-corrected chi connectivity index (χ4v) is 4.35. The summed E-state index contributed by atoms with van der Waals surface area (Å²) in [6, 6.07) is 18.6. The molecule has 0 saturated carbocycles. The molecule has 0 aliphatic heterocycles. The number of alkyl halides is 3. The number of hydrogen-bond donors (Lipinski definition) is 2. The maximum Gasteiger partial charge on any atom is 0.573 e. The third-order valence-corrected chi connectivity index (χ3v) is 6.36. The maximum atomic E-state index is 13.4. The van der Waals surface area contributed by atoms with Crippen LogP contribution in [0.3, 0.4) is 0 Å². The standard InChI is InChI=1S/C30H32F3NO4/c1-5-6-25(19-7-9-22(10-8-19)28(36)37)26(20-13-17-24(18-14-20)38-30(31,32)33)34-27(35)21-11-15-23(16-12-21)29(2,3)4/h7-18,25-26H,5-6H2,1-4H3,(H,34,35)(H,36,37). The number of aromatic carboxylic acids is 1. The molecule has 38 heavy (non-hydrogen) atoms. The maximum absolute atomic E-state index is 13.4. The molecule has 3 rings (SSSR count). The third kappa shape index (κ3) is 7.60. The van der Waals surface area contributed by atoms with Crippen molar-refractivity contribution in [1.29, 1.82) is 0 Å². The molecule has 202 valence electrons. The van der Waals surface area contributed by atoms with E-state index in [1.807, 2.05) is 19.1 Å². The zero-order valence-electron chi connectivity index (χ0n) is 21.8.